The first kappa shape index (κ1) is 18.5. The van der Waals surface area contributed by atoms with Gasteiger partial charge in [0.05, 0.1) is 0 Å². The Hall–Kier alpha value is -1.50. The molecule has 1 aliphatic heterocycles. The quantitative estimate of drug-likeness (QED) is 0.758. The third-order valence-electron chi connectivity index (χ3n) is 2.89. The van der Waals surface area contributed by atoms with Gasteiger partial charge in [-0.3, -0.25) is 0 Å². The Morgan fingerprint density at radius 3 is 2.05 bits per heavy atom. The Bertz CT molecular complexity index is 398. The van der Waals surface area contributed by atoms with Crippen molar-refractivity contribution in [1.29, 1.82) is 0 Å². The van der Waals surface area contributed by atoms with Crippen LogP contribution in [0, 0.1) is 0 Å². The van der Waals surface area contributed by atoms with Crippen molar-refractivity contribution < 1.29 is 0 Å². The highest BCUT2D eigenvalue weighted by Gasteiger charge is 2.04. The molecule has 112 valence electrons. The molecule has 0 bridgehead atoms. The summed E-state index contributed by atoms with van der Waals surface area (Å²) in [4.78, 5) is 0. The van der Waals surface area contributed by atoms with Gasteiger partial charge in [-0.25, -0.2) is 0 Å². The first-order valence-electron chi connectivity index (χ1n) is 8.03. The summed E-state index contributed by atoms with van der Waals surface area (Å²) in [5.74, 6) is 0. The second-order valence-electron chi connectivity index (χ2n) is 4.36. The van der Waals surface area contributed by atoms with Gasteiger partial charge in [0.1, 0.15) is 0 Å². The van der Waals surface area contributed by atoms with Gasteiger partial charge in [-0.05, 0) is 30.0 Å². The van der Waals surface area contributed by atoms with Crippen LogP contribution in [0.2, 0.25) is 0 Å². The molecule has 20 heavy (non-hydrogen) atoms. The van der Waals surface area contributed by atoms with Crippen LogP contribution in [-0.2, 0) is 6.42 Å². The van der Waals surface area contributed by atoms with Gasteiger partial charge in [0.2, 0.25) is 0 Å². The minimum absolute atomic E-state index is 0.447. The summed E-state index contributed by atoms with van der Waals surface area (Å²) >= 11 is 0. The number of hydrogen-bond acceptors (Lipinski definition) is 1. The SMILES string of the molecule is CC.CC.CCCc1ccc(C2=CNC(C)C=C2)cc1. The normalized spacial score (nSPS) is 15.9. The monoisotopic (exact) mass is 273 g/mol. The topological polar surface area (TPSA) is 12.0 Å². The van der Waals surface area contributed by atoms with Gasteiger partial charge in [-0.15, -0.1) is 0 Å². The molecule has 1 unspecified atom stereocenters. The second kappa shape index (κ2) is 11.3. The van der Waals surface area contributed by atoms with Crippen LogP contribution in [-0.4, -0.2) is 6.04 Å². The average molecular weight is 273 g/mol. The molecule has 1 nitrogen and oxygen atoms in total. The van der Waals surface area contributed by atoms with Crippen molar-refractivity contribution in [3.63, 3.8) is 0 Å². The molecule has 0 aromatic heterocycles. The van der Waals surface area contributed by atoms with Crippen LogP contribution in [0.5, 0.6) is 0 Å². The third kappa shape index (κ3) is 6.10. The predicted octanol–water partition coefficient (Wildman–Crippen LogP) is 5.58. The maximum Gasteiger partial charge on any atom is 0.0414 e. The summed E-state index contributed by atoms with van der Waals surface area (Å²) in [7, 11) is 0. The molecule has 1 heterocycles. The van der Waals surface area contributed by atoms with Crippen molar-refractivity contribution in [3.8, 4) is 0 Å². The minimum atomic E-state index is 0.447. The van der Waals surface area contributed by atoms with Crippen molar-refractivity contribution in [2.45, 2.75) is 60.4 Å². The van der Waals surface area contributed by atoms with Crippen LogP contribution < -0.4 is 5.32 Å². The van der Waals surface area contributed by atoms with E-state index in [9.17, 15) is 0 Å². The predicted molar refractivity (Wildman–Crippen MR) is 92.8 cm³/mol. The molecule has 2 rings (SSSR count). The van der Waals surface area contributed by atoms with Crippen LogP contribution in [0.25, 0.3) is 5.57 Å². The Labute approximate surface area is 125 Å². The number of dihydropyridines is 1. The van der Waals surface area contributed by atoms with Gasteiger partial charge >= 0.3 is 0 Å². The second-order valence-corrected chi connectivity index (χ2v) is 4.36. The zero-order valence-corrected chi connectivity index (χ0v) is 14.0. The van der Waals surface area contributed by atoms with E-state index in [1.165, 1.54) is 29.5 Å². The summed E-state index contributed by atoms with van der Waals surface area (Å²) in [6, 6.07) is 9.32. The number of allylic oxidation sites excluding steroid dienone is 2. The Morgan fingerprint density at radius 2 is 1.60 bits per heavy atom. The van der Waals surface area contributed by atoms with Crippen molar-refractivity contribution in [2.24, 2.45) is 0 Å². The van der Waals surface area contributed by atoms with E-state index in [2.05, 4.69) is 61.8 Å². The molecule has 1 atom stereocenters. The Morgan fingerprint density at radius 1 is 1.00 bits per heavy atom. The molecule has 0 saturated carbocycles. The highest BCUT2D eigenvalue weighted by Crippen LogP contribution is 2.19. The molecule has 1 aliphatic rings. The smallest absolute Gasteiger partial charge is 0.0414 e. The van der Waals surface area contributed by atoms with Crippen LogP contribution in [0.1, 0.15) is 59.1 Å². The average Bonchev–Trinajstić information content (AvgIpc) is 2.53. The van der Waals surface area contributed by atoms with E-state index in [-0.39, 0.29) is 0 Å². The van der Waals surface area contributed by atoms with E-state index in [0.717, 1.165) is 0 Å². The van der Waals surface area contributed by atoms with Crippen LogP contribution in [0.15, 0.2) is 42.6 Å². The van der Waals surface area contributed by atoms with Crippen LogP contribution >= 0.6 is 0 Å². The van der Waals surface area contributed by atoms with E-state index in [0.29, 0.717) is 6.04 Å². The highest BCUT2D eigenvalue weighted by molar-refractivity contribution is 5.74. The molecule has 0 fully saturated rings. The van der Waals surface area contributed by atoms with Gasteiger partial charge < -0.3 is 5.32 Å². The van der Waals surface area contributed by atoms with Crippen molar-refractivity contribution in [1.82, 2.24) is 5.32 Å². The van der Waals surface area contributed by atoms with E-state index in [4.69, 9.17) is 0 Å². The van der Waals surface area contributed by atoms with Crippen molar-refractivity contribution >= 4 is 5.57 Å². The van der Waals surface area contributed by atoms with Gasteiger partial charge in [0, 0.05) is 12.2 Å². The highest BCUT2D eigenvalue weighted by atomic mass is 14.9. The standard InChI is InChI=1S/C15H19N.2C2H6/c1-3-4-13-6-9-14(10-7-13)15-8-5-12(2)16-11-15;2*1-2/h5-12,16H,3-4H2,1-2H3;2*1-2H3. The van der Waals surface area contributed by atoms with Gasteiger partial charge in [0.15, 0.2) is 0 Å². The first-order chi connectivity index (χ1) is 9.79. The Kier molecular flexibility index (Phi) is 10.5. The summed E-state index contributed by atoms with van der Waals surface area (Å²) in [6.07, 6.45) is 8.86. The molecule has 1 N–H and O–H groups in total. The molecule has 1 aromatic rings. The summed E-state index contributed by atoms with van der Waals surface area (Å²) < 4.78 is 0. The van der Waals surface area contributed by atoms with Crippen molar-refractivity contribution in [3.05, 3.63) is 53.7 Å². The van der Waals surface area contributed by atoms with Gasteiger partial charge in [-0.1, -0.05) is 77.5 Å². The van der Waals surface area contributed by atoms with Crippen molar-refractivity contribution in [2.75, 3.05) is 0 Å². The van der Waals surface area contributed by atoms with E-state index in [1.807, 2.05) is 27.7 Å². The number of hydrogen-bond donors (Lipinski definition) is 1. The van der Waals surface area contributed by atoms with Crippen LogP contribution in [0.4, 0.5) is 0 Å². The van der Waals surface area contributed by atoms with E-state index < -0.39 is 0 Å². The number of rotatable bonds is 3. The van der Waals surface area contributed by atoms with E-state index in [1.54, 1.807) is 0 Å². The Balaban J connectivity index is 0.000000829. The van der Waals surface area contributed by atoms with E-state index >= 15 is 0 Å². The molecule has 0 radical (unpaired) electrons. The zero-order chi connectivity index (χ0) is 15.4. The molecule has 0 saturated heterocycles. The molecular weight excluding hydrogens is 242 g/mol. The third-order valence-corrected chi connectivity index (χ3v) is 2.89. The molecule has 1 aromatic carbocycles. The van der Waals surface area contributed by atoms with Gasteiger partial charge in [0.25, 0.3) is 0 Å². The molecule has 1 heteroatoms. The maximum atomic E-state index is 3.32. The fraction of sp³-hybridized carbons (Fsp3) is 0.474. The molecule has 0 spiro atoms. The molecule has 0 amide bonds. The number of nitrogens with one attached hydrogen (secondary N) is 1. The lowest BCUT2D eigenvalue weighted by Gasteiger charge is -2.14. The minimum Gasteiger partial charge on any atom is -0.384 e. The largest absolute Gasteiger partial charge is 0.384 e. The zero-order valence-electron chi connectivity index (χ0n) is 14.0. The lowest BCUT2D eigenvalue weighted by atomic mass is 10.0. The molecular formula is C19H31N. The first-order valence-corrected chi connectivity index (χ1v) is 8.03. The number of aryl methyl sites for hydroxylation is 1. The summed E-state index contributed by atoms with van der Waals surface area (Å²) in [5, 5.41) is 3.32. The number of benzene rings is 1. The lowest BCUT2D eigenvalue weighted by molar-refractivity contribution is 0.764. The summed E-state index contributed by atoms with van der Waals surface area (Å²) in [5.41, 5.74) is 3.98. The molecule has 0 aliphatic carbocycles. The maximum absolute atomic E-state index is 3.32. The summed E-state index contributed by atoms with van der Waals surface area (Å²) in [6.45, 7) is 12.4. The van der Waals surface area contributed by atoms with Crippen LogP contribution in [0.3, 0.4) is 0 Å². The lowest BCUT2D eigenvalue weighted by Crippen LogP contribution is -2.20. The van der Waals surface area contributed by atoms with Gasteiger partial charge in [-0.2, -0.15) is 0 Å². The fourth-order valence-corrected chi connectivity index (χ4v) is 1.90. The fourth-order valence-electron chi connectivity index (χ4n) is 1.90.